The zero-order valence-electron chi connectivity index (χ0n) is 13.1. The van der Waals surface area contributed by atoms with Crippen molar-refractivity contribution < 1.29 is 4.74 Å². The Balaban J connectivity index is 1.44. The zero-order chi connectivity index (χ0) is 16.4. The SMILES string of the molecule is Clc1ccccc1C1CN(Cn2ccc(-c3ccsc3)n2)CCO1. The molecule has 0 N–H and O–H groups in total. The van der Waals surface area contributed by atoms with Crippen molar-refractivity contribution in [3.8, 4) is 11.3 Å². The highest BCUT2D eigenvalue weighted by Crippen LogP contribution is 2.28. The molecule has 2 aromatic heterocycles. The van der Waals surface area contributed by atoms with Crippen molar-refractivity contribution >= 4 is 22.9 Å². The third kappa shape index (κ3) is 3.39. The van der Waals surface area contributed by atoms with Gasteiger partial charge in [-0.15, -0.1) is 0 Å². The second-order valence-electron chi connectivity index (χ2n) is 5.85. The van der Waals surface area contributed by atoms with E-state index in [0.717, 1.165) is 36.0 Å². The summed E-state index contributed by atoms with van der Waals surface area (Å²) >= 11 is 8.00. The van der Waals surface area contributed by atoms with Gasteiger partial charge in [0, 0.05) is 40.8 Å². The van der Waals surface area contributed by atoms with E-state index in [4.69, 9.17) is 16.3 Å². The highest BCUT2D eigenvalue weighted by molar-refractivity contribution is 7.08. The normalized spacial score (nSPS) is 18.8. The number of thiophene rings is 1. The van der Waals surface area contributed by atoms with Crippen LogP contribution in [0.1, 0.15) is 11.7 Å². The lowest BCUT2D eigenvalue weighted by atomic mass is 10.1. The summed E-state index contributed by atoms with van der Waals surface area (Å²) in [6, 6.07) is 12.1. The predicted octanol–water partition coefficient (Wildman–Crippen LogP) is 4.30. The number of nitrogens with zero attached hydrogens (tertiary/aromatic N) is 3. The minimum Gasteiger partial charge on any atom is -0.371 e. The molecule has 0 spiro atoms. The summed E-state index contributed by atoms with van der Waals surface area (Å²) in [4.78, 5) is 2.35. The molecule has 4 rings (SSSR count). The topological polar surface area (TPSA) is 30.3 Å². The molecule has 3 aromatic rings. The highest BCUT2D eigenvalue weighted by Gasteiger charge is 2.23. The fraction of sp³-hybridized carbons (Fsp3) is 0.278. The van der Waals surface area contributed by atoms with Crippen LogP contribution in [0.25, 0.3) is 11.3 Å². The quantitative estimate of drug-likeness (QED) is 0.696. The third-order valence-corrected chi connectivity index (χ3v) is 5.23. The number of ether oxygens (including phenoxy) is 1. The smallest absolute Gasteiger partial charge is 0.0967 e. The van der Waals surface area contributed by atoms with Gasteiger partial charge in [-0.2, -0.15) is 16.4 Å². The van der Waals surface area contributed by atoms with Gasteiger partial charge in [-0.3, -0.25) is 9.58 Å². The molecule has 24 heavy (non-hydrogen) atoms. The lowest BCUT2D eigenvalue weighted by Crippen LogP contribution is -2.39. The lowest BCUT2D eigenvalue weighted by molar-refractivity contribution is -0.0415. The molecule has 3 heterocycles. The minimum absolute atomic E-state index is 0.0133. The first kappa shape index (κ1) is 15.8. The molecule has 124 valence electrons. The van der Waals surface area contributed by atoms with Crippen LogP contribution in [0.15, 0.2) is 53.4 Å². The van der Waals surface area contributed by atoms with Crippen LogP contribution in [0.3, 0.4) is 0 Å². The van der Waals surface area contributed by atoms with Crippen LogP contribution in [0.5, 0.6) is 0 Å². The molecule has 0 amide bonds. The summed E-state index contributed by atoms with van der Waals surface area (Å²) in [5, 5.41) is 9.64. The van der Waals surface area contributed by atoms with Gasteiger partial charge in [0.25, 0.3) is 0 Å². The maximum absolute atomic E-state index is 6.31. The van der Waals surface area contributed by atoms with E-state index in [0.29, 0.717) is 6.61 Å². The first-order valence-corrected chi connectivity index (χ1v) is 9.26. The molecule has 6 heteroatoms. The average Bonchev–Trinajstić information content (AvgIpc) is 3.27. The van der Waals surface area contributed by atoms with Crippen LogP contribution in [0.2, 0.25) is 5.02 Å². The number of benzene rings is 1. The van der Waals surface area contributed by atoms with Crippen molar-refractivity contribution in [3.05, 3.63) is 63.9 Å². The van der Waals surface area contributed by atoms with Crippen molar-refractivity contribution in [2.75, 3.05) is 19.7 Å². The van der Waals surface area contributed by atoms with Crippen molar-refractivity contribution in [2.24, 2.45) is 0 Å². The summed E-state index contributed by atoms with van der Waals surface area (Å²) in [6.45, 7) is 3.18. The molecule has 0 bridgehead atoms. The zero-order valence-corrected chi connectivity index (χ0v) is 14.7. The summed E-state index contributed by atoms with van der Waals surface area (Å²) < 4.78 is 7.91. The minimum atomic E-state index is 0.0133. The molecular formula is C18H18ClN3OS. The van der Waals surface area contributed by atoms with E-state index in [1.165, 1.54) is 5.56 Å². The fourth-order valence-corrected chi connectivity index (χ4v) is 3.87. The molecule has 1 fully saturated rings. The van der Waals surface area contributed by atoms with Gasteiger partial charge < -0.3 is 4.74 Å². The van der Waals surface area contributed by atoms with Gasteiger partial charge in [-0.1, -0.05) is 29.8 Å². The number of hydrogen-bond donors (Lipinski definition) is 0. The molecule has 1 aliphatic rings. The molecule has 0 saturated carbocycles. The van der Waals surface area contributed by atoms with Crippen molar-refractivity contribution in [1.29, 1.82) is 0 Å². The predicted molar refractivity (Wildman–Crippen MR) is 97.3 cm³/mol. The Bertz CT molecular complexity index is 802. The molecular weight excluding hydrogens is 342 g/mol. The number of rotatable bonds is 4. The third-order valence-electron chi connectivity index (χ3n) is 4.21. The van der Waals surface area contributed by atoms with E-state index in [9.17, 15) is 0 Å². The van der Waals surface area contributed by atoms with Gasteiger partial charge in [0.05, 0.1) is 25.1 Å². The standard InChI is InChI=1S/C18H18ClN3OS/c19-16-4-2-1-3-15(16)18-11-21(8-9-23-18)13-22-7-5-17(20-22)14-6-10-24-12-14/h1-7,10,12,18H,8-9,11,13H2. The molecule has 1 unspecified atom stereocenters. The summed E-state index contributed by atoms with van der Waals surface area (Å²) in [6.07, 6.45) is 2.05. The van der Waals surface area contributed by atoms with Gasteiger partial charge in [0.2, 0.25) is 0 Å². The molecule has 0 aliphatic carbocycles. The van der Waals surface area contributed by atoms with Gasteiger partial charge in [0.1, 0.15) is 0 Å². The fourth-order valence-electron chi connectivity index (χ4n) is 2.96. The lowest BCUT2D eigenvalue weighted by Gasteiger charge is -2.33. The van der Waals surface area contributed by atoms with Crippen LogP contribution in [0.4, 0.5) is 0 Å². The van der Waals surface area contributed by atoms with E-state index in [-0.39, 0.29) is 6.10 Å². The largest absolute Gasteiger partial charge is 0.371 e. The molecule has 1 saturated heterocycles. The van der Waals surface area contributed by atoms with Crippen LogP contribution in [-0.4, -0.2) is 34.4 Å². The first-order chi connectivity index (χ1) is 11.8. The Labute approximate surface area is 150 Å². The second-order valence-corrected chi connectivity index (χ2v) is 7.04. The van der Waals surface area contributed by atoms with E-state index >= 15 is 0 Å². The Kier molecular flexibility index (Phi) is 4.67. The molecule has 1 aromatic carbocycles. The molecule has 1 aliphatic heterocycles. The highest BCUT2D eigenvalue weighted by atomic mass is 35.5. The average molecular weight is 360 g/mol. The Morgan fingerprint density at radius 2 is 2.17 bits per heavy atom. The van der Waals surface area contributed by atoms with Crippen LogP contribution in [-0.2, 0) is 11.4 Å². The molecule has 0 radical (unpaired) electrons. The molecule has 4 nitrogen and oxygen atoms in total. The van der Waals surface area contributed by atoms with E-state index < -0.39 is 0 Å². The van der Waals surface area contributed by atoms with Crippen molar-refractivity contribution in [3.63, 3.8) is 0 Å². The molecule has 1 atom stereocenters. The Morgan fingerprint density at radius 1 is 1.25 bits per heavy atom. The summed E-state index contributed by atoms with van der Waals surface area (Å²) in [5.41, 5.74) is 3.25. The van der Waals surface area contributed by atoms with Gasteiger partial charge in [-0.25, -0.2) is 0 Å². The monoisotopic (exact) mass is 359 g/mol. The second kappa shape index (κ2) is 7.07. The Hall–Kier alpha value is -1.66. The van der Waals surface area contributed by atoms with Crippen LogP contribution < -0.4 is 0 Å². The van der Waals surface area contributed by atoms with Crippen molar-refractivity contribution in [1.82, 2.24) is 14.7 Å². The van der Waals surface area contributed by atoms with Gasteiger partial charge in [-0.05, 0) is 23.6 Å². The maximum Gasteiger partial charge on any atom is 0.0967 e. The van der Waals surface area contributed by atoms with Crippen molar-refractivity contribution in [2.45, 2.75) is 12.8 Å². The van der Waals surface area contributed by atoms with Crippen LogP contribution >= 0.6 is 22.9 Å². The van der Waals surface area contributed by atoms with Gasteiger partial charge in [0.15, 0.2) is 0 Å². The Morgan fingerprint density at radius 3 is 3.00 bits per heavy atom. The number of aromatic nitrogens is 2. The van der Waals surface area contributed by atoms with Crippen LogP contribution in [0, 0.1) is 0 Å². The first-order valence-electron chi connectivity index (χ1n) is 7.94. The van der Waals surface area contributed by atoms with E-state index in [1.807, 2.05) is 35.1 Å². The number of hydrogen-bond acceptors (Lipinski definition) is 4. The maximum atomic E-state index is 6.31. The number of halogens is 1. The number of morpholine rings is 1. The van der Waals surface area contributed by atoms with E-state index in [1.54, 1.807) is 11.3 Å². The van der Waals surface area contributed by atoms with Gasteiger partial charge >= 0.3 is 0 Å². The summed E-state index contributed by atoms with van der Waals surface area (Å²) in [5.74, 6) is 0. The summed E-state index contributed by atoms with van der Waals surface area (Å²) in [7, 11) is 0. The van der Waals surface area contributed by atoms with E-state index in [2.05, 4.69) is 32.9 Å².